The summed E-state index contributed by atoms with van der Waals surface area (Å²) < 4.78 is 0. The van der Waals surface area contributed by atoms with Crippen molar-refractivity contribution in [2.75, 3.05) is 0 Å². The van der Waals surface area contributed by atoms with Crippen LogP contribution in [0.15, 0.2) is 17.5 Å². The minimum absolute atomic E-state index is 0.994. The van der Waals surface area contributed by atoms with Crippen LogP contribution in [0.2, 0.25) is 0 Å². The second-order valence-electron chi connectivity index (χ2n) is 4.74. The highest BCUT2D eigenvalue weighted by Crippen LogP contribution is 2.31. The van der Waals surface area contributed by atoms with E-state index in [0.29, 0.717) is 0 Å². The van der Waals surface area contributed by atoms with Crippen molar-refractivity contribution < 1.29 is 0 Å². The van der Waals surface area contributed by atoms with E-state index in [0.717, 1.165) is 11.8 Å². The molecule has 0 aliphatic heterocycles. The molecule has 14 heavy (non-hydrogen) atoms. The summed E-state index contributed by atoms with van der Waals surface area (Å²) in [6.07, 6.45) is 8.63. The van der Waals surface area contributed by atoms with Crippen molar-refractivity contribution in [3.05, 3.63) is 22.4 Å². The predicted molar refractivity (Wildman–Crippen MR) is 63.8 cm³/mol. The van der Waals surface area contributed by atoms with Gasteiger partial charge >= 0.3 is 0 Å². The third kappa shape index (κ3) is 2.84. The molecule has 1 heteroatoms. The van der Waals surface area contributed by atoms with Crippen LogP contribution in [0.1, 0.15) is 43.9 Å². The van der Waals surface area contributed by atoms with E-state index >= 15 is 0 Å². The van der Waals surface area contributed by atoms with E-state index in [9.17, 15) is 0 Å². The minimum atomic E-state index is 0.994. The summed E-state index contributed by atoms with van der Waals surface area (Å²) in [5.74, 6) is 2.02. The Balaban J connectivity index is 1.71. The molecule has 0 amide bonds. The smallest absolute Gasteiger partial charge is 0.00453 e. The van der Waals surface area contributed by atoms with Crippen molar-refractivity contribution in [2.24, 2.45) is 11.8 Å². The maximum Gasteiger partial charge on any atom is 0.00453 e. The lowest BCUT2D eigenvalue weighted by Crippen LogP contribution is -2.12. The van der Waals surface area contributed by atoms with Crippen LogP contribution >= 0.6 is 11.3 Å². The maximum absolute atomic E-state index is 2.40. The lowest BCUT2D eigenvalue weighted by atomic mass is 9.81. The average Bonchev–Trinajstić information content (AvgIpc) is 2.70. The highest BCUT2D eigenvalue weighted by Gasteiger charge is 2.17. The molecule has 0 spiro atoms. The van der Waals surface area contributed by atoms with E-state index in [2.05, 4.69) is 24.4 Å². The fraction of sp³-hybridized carbons (Fsp3) is 0.692. The van der Waals surface area contributed by atoms with E-state index in [4.69, 9.17) is 0 Å². The molecule has 0 nitrogen and oxygen atoms in total. The van der Waals surface area contributed by atoms with Gasteiger partial charge in [0.05, 0.1) is 0 Å². The summed E-state index contributed by atoms with van der Waals surface area (Å²) in [4.78, 5) is 1.57. The molecule has 78 valence electrons. The first kappa shape index (κ1) is 10.2. The Morgan fingerprint density at radius 2 is 2.07 bits per heavy atom. The van der Waals surface area contributed by atoms with E-state index in [1.165, 1.54) is 38.5 Å². The van der Waals surface area contributed by atoms with Crippen molar-refractivity contribution in [2.45, 2.75) is 45.4 Å². The minimum Gasteiger partial charge on any atom is -0.149 e. The van der Waals surface area contributed by atoms with Crippen molar-refractivity contribution >= 4 is 11.3 Å². The van der Waals surface area contributed by atoms with Crippen LogP contribution in [0.5, 0.6) is 0 Å². The van der Waals surface area contributed by atoms with Crippen molar-refractivity contribution in [3.63, 3.8) is 0 Å². The summed E-state index contributed by atoms with van der Waals surface area (Å²) in [7, 11) is 0. The largest absolute Gasteiger partial charge is 0.149 e. The van der Waals surface area contributed by atoms with Gasteiger partial charge in [-0.2, -0.15) is 0 Å². The lowest BCUT2D eigenvalue weighted by Gasteiger charge is -2.25. The number of hydrogen-bond donors (Lipinski definition) is 0. The van der Waals surface area contributed by atoms with Gasteiger partial charge in [0, 0.05) is 4.88 Å². The summed E-state index contributed by atoms with van der Waals surface area (Å²) in [5, 5.41) is 2.19. The van der Waals surface area contributed by atoms with E-state index in [1.54, 1.807) is 4.88 Å². The van der Waals surface area contributed by atoms with Crippen LogP contribution in [-0.4, -0.2) is 0 Å². The van der Waals surface area contributed by atoms with Crippen LogP contribution in [-0.2, 0) is 6.42 Å². The molecule has 0 unspecified atom stereocenters. The van der Waals surface area contributed by atoms with Gasteiger partial charge in [-0.1, -0.05) is 38.7 Å². The van der Waals surface area contributed by atoms with Gasteiger partial charge in [-0.25, -0.2) is 0 Å². The fourth-order valence-corrected chi connectivity index (χ4v) is 3.14. The van der Waals surface area contributed by atoms with Gasteiger partial charge < -0.3 is 0 Å². The molecular formula is C13H20S. The second kappa shape index (κ2) is 4.97. The van der Waals surface area contributed by atoms with Gasteiger partial charge in [0.2, 0.25) is 0 Å². The Bertz CT molecular complexity index is 242. The molecule has 1 heterocycles. The van der Waals surface area contributed by atoms with Crippen LogP contribution in [0, 0.1) is 11.8 Å². The summed E-state index contributed by atoms with van der Waals surface area (Å²) in [6.45, 7) is 2.40. The molecule has 1 saturated carbocycles. The Morgan fingerprint density at radius 3 is 2.71 bits per heavy atom. The molecule has 1 aromatic heterocycles. The van der Waals surface area contributed by atoms with Gasteiger partial charge in [-0.05, 0) is 36.1 Å². The van der Waals surface area contributed by atoms with Crippen LogP contribution in [0.3, 0.4) is 0 Å². The van der Waals surface area contributed by atoms with Gasteiger partial charge in [-0.15, -0.1) is 11.3 Å². The van der Waals surface area contributed by atoms with Gasteiger partial charge in [0.1, 0.15) is 0 Å². The Labute approximate surface area is 91.4 Å². The van der Waals surface area contributed by atoms with Crippen LogP contribution < -0.4 is 0 Å². The zero-order valence-corrected chi connectivity index (χ0v) is 9.85. The molecule has 1 fully saturated rings. The SMILES string of the molecule is CC1CCC(CCc2cccs2)CC1. The first-order valence-electron chi connectivity index (χ1n) is 5.87. The fourth-order valence-electron chi connectivity index (χ4n) is 2.42. The first-order valence-corrected chi connectivity index (χ1v) is 6.75. The molecule has 0 radical (unpaired) electrons. The lowest BCUT2D eigenvalue weighted by molar-refractivity contribution is 0.278. The molecule has 0 saturated heterocycles. The highest BCUT2D eigenvalue weighted by molar-refractivity contribution is 7.09. The summed E-state index contributed by atoms with van der Waals surface area (Å²) in [5.41, 5.74) is 0. The van der Waals surface area contributed by atoms with Gasteiger partial charge in [0.25, 0.3) is 0 Å². The predicted octanol–water partition coefficient (Wildman–Crippen LogP) is 4.51. The molecule has 0 aromatic carbocycles. The topological polar surface area (TPSA) is 0 Å². The number of hydrogen-bond acceptors (Lipinski definition) is 1. The second-order valence-corrected chi connectivity index (χ2v) is 5.78. The van der Waals surface area contributed by atoms with Crippen molar-refractivity contribution in [1.29, 1.82) is 0 Å². The molecule has 0 bridgehead atoms. The Hall–Kier alpha value is -0.300. The summed E-state index contributed by atoms with van der Waals surface area (Å²) in [6, 6.07) is 4.44. The molecule has 0 N–H and O–H groups in total. The van der Waals surface area contributed by atoms with Crippen molar-refractivity contribution in [1.82, 2.24) is 0 Å². The first-order chi connectivity index (χ1) is 6.84. The number of thiophene rings is 1. The van der Waals surface area contributed by atoms with Gasteiger partial charge in [0.15, 0.2) is 0 Å². The molecule has 1 aliphatic carbocycles. The maximum atomic E-state index is 2.40. The zero-order valence-electron chi connectivity index (χ0n) is 9.04. The molecular weight excluding hydrogens is 188 g/mol. The zero-order chi connectivity index (χ0) is 9.80. The van der Waals surface area contributed by atoms with E-state index in [-0.39, 0.29) is 0 Å². The third-order valence-electron chi connectivity index (χ3n) is 3.51. The standard InChI is InChI=1S/C13H20S/c1-11-4-6-12(7-5-11)8-9-13-3-2-10-14-13/h2-3,10-12H,4-9H2,1H3. The van der Waals surface area contributed by atoms with E-state index in [1.807, 2.05) is 11.3 Å². The molecule has 2 rings (SSSR count). The Morgan fingerprint density at radius 1 is 1.29 bits per heavy atom. The monoisotopic (exact) mass is 208 g/mol. The molecule has 1 aliphatic rings. The summed E-state index contributed by atoms with van der Waals surface area (Å²) >= 11 is 1.91. The van der Waals surface area contributed by atoms with Crippen molar-refractivity contribution in [3.8, 4) is 0 Å². The number of aryl methyl sites for hydroxylation is 1. The average molecular weight is 208 g/mol. The van der Waals surface area contributed by atoms with Crippen LogP contribution in [0.4, 0.5) is 0 Å². The van der Waals surface area contributed by atoms with Crippen LogP contribution in [0.25, 0.3) is 0 Å². The number of rotatable bonds is 3. The normalized spacial score (nSPS) is 27.8. The molecule has 0 atom stereocenters. The third-order valence-corrected chi connectivity index (χ3v) is 4.45. The Kier molecular flexibility index (Phi) is 3.63. The van der Waals surface area contributed by atoms with Gasteiger partial charge in [-0.3, -0.25) is 0 Å². The highest BCUT2D eigenvalue weighted by atomic mass is 32.1. The van der Waals surface area contributed by atoms with E-state index < -0.39 is 0 Å². The quantitative estimate of drug-likeness (QED) is 0.685. The molecule has 1 aromatic rings.